The second kappa shape index (κ2) is 10.7. The molecule has 9 nitrogen and oxygen atoms in total. The predicted octanol–water partition coefficient (Wildman–Crippen LogP) is 5.19. The van der Waals surface area contributed by atoms with Crippen LogP contribution in [0.5, 0.6) is 5.75 Å². The number of nitrogens with zero attached hydrogens (tertiary/aromatic N) is 1. The molecule has 2 amide bonds. The Morgan fingerprint density at radius 1 is 1.08 bits per heavy atom. The summed E-state index contributed by atoms with van der Waals surface area (Å²) < 4.78 is 34.3. The first-order valence-corrected chi connectivity index (χ1v) is 12.9. The van der Waals surface area contributed by atoms with E-state index in [-0.39, 0.29) is 24.2 Å². The van der Waals surface area contributed by atoms with Gasteiger partial charge in [-0.3, -0.25) is 19.3 Å². The summed E-state index contributed by atoms with van der Waals surface area (Å²) in [6.45, 7) is 8.91. The highest BCUT2D eigenvalue weighted by Crippen LogP contribution is 2.49. The molecular formula is C26H31N2O7P. The van der Waals surface area contributed by atoms with Gasteiger partial charge in [0, 0.05) is 17.7 Å². The molecule has 2 aromatic carbocycles. The zero-order valence-corrected chi connectivity index (χ0v) is 22.0. The Kier molecular flexibility index (Phi) is 8.04. The fourth-order valence-corrected chi connectivity index (χ4v) is 4.36. The van der Waals surface area contributed by atoms with Gasteiger partial charge in [0.1, 0.15) is 5.75 Å². The fourth-order valence-electron chi connectivity index (χ4n) is 4.00. The smallest absolute Gasteiger partial charge is 0.341 e. The maximum atomic E-state index is 13.1. The monoisotopic (exact) mass is 514 g/mol. The van der Waals surface area contributed by atoms with E-state index >= 15 is 0 Å². The van der Waals surface area contributed by atoms with Crippen molar-refractivity contribution >= 4 is 36.8 Å². The first-order chi connectivity index (χ1) is 16.9. The molecule has 0 saturated heterocycles. The number of hydrogen-bond acceptors (Lipinski definition) is 7. The lowest BCUT2D eigenvalue weighted by Crippen LogP contribution is -2.46. The summed E-state index contributed by atoms with van der Waals surface area (Å²) in [4.78, 5) is 38.6. The van der Waals surface area contributed by atoms with E-state index in [2.05, 4.69) is 5.32 Å². The van der Waals surface area contributed by atoms with E-state index in [1.807, 2.05) is 0 Å². The summed E-state index contributed by atoms with van der Waals surface area (Å²) in [7, 11) is -2.94. The molecular weight excluding hydrogens is 483 g/mol. The van der Waals surface area contributed by atoms with Crippen LogP contribution in [0.1, 0.15) is 63.4 Å². The summed E-state index contributed by atoms with van der Waals surface area (Å²) in [5.41, 5.74) is 1.08. The van der Waals surface area contributed by atoms with Crippen LogP contribution in [0.2, 0.25) is 0 Å². The van der Waals surface area contributed by atoms with E-state index in [4.69, 9.17) is 9.47 Å². The number of nitrogens with one attached hydrogen (secondary N) is 1. The van der Waals surface area contributed by atoms with E-state index in [0.717, 1.165) is 0 Å². The molecule has 36 heavy (non-hydrogen) atoms. The van der Waals surface area contributed by atoms with E-state index in [9.17, 15) is 23.5 Å². The average molecular weight is 515 g/mol. The van der Waals surface area contributed by atoms with Crippen molar-refractivity contribution in [3.8, 4) is 5.75 Å². The Bertz CT molecular complexity index is 1230. The molecule has 0 spiro atoms. The third-order valence-electron chi connectivity index (χ3n) is 6.12. The van der Waals surface area contributed by atoms with Crippen molar-refractivity contribution in [3.63, 3.8) is 0 Å². The molecule has 0 fully saturated rings. The predicted molar refractivity (Wildman–Crippen MR) is 135 cm³/mol. The van der Waals surface area contributed by atoms with Crippen molar-refractivity contribution in [1.29, 1.82) is 0 Å². The van der Waals surface area contributed by atoms with Crippen LogP contribution in [0.4, 0.5) is 11.4 Å². The number of amides is 2. The number of ether oxygens (including phenoxy) is 2. The minimum atomic E-state index is -2.94. The van der Waals surface area contributed by atoms with Gasteiger partial charge in [-0.1, -0.05) is 6.07 Å². The molecule has 192 valence electrons. The van der Waals surface area contributed by atoms with Crippen molar-refractivity contribution in [2.45, 2.75) is 58.2 Å². The minimum Gasteiger partial charge on any atom is -0.494 e. The van der Waals surface area contributed by atoms with Gasteiger partial charge in [0.2, 0.25) is 5.91 Å². The van der Waals surface area contributed by atoms with Crippen LogP contribution in [-0.4, -0.2) is 36.3 Å². The molecule has 1 N–H and O–H groups in total. The van der Waals surface area contributed by atoms with Crippen LogP contribution in [0.25, 0.3) is 0 Å². The number of carbonyl (C=O) groups is 3. The van der Waals surface area contributed by atoms with Crippen molar-refractivity contribution in [3.05, 3.63) is 53.6 Å². The van der Waals surface area contributed by atoms with Gasteiger partial charge in [-0.25, -0.2) is 9.13 Å². The van der Waals surface area contributed by atoms with Crippen LogP contribution < -0.4 is 15.0 Å². The van der Waals surface area contributed by atoms with Gasteiger partial charge in [0.05, 0.1) is 24.3 Å². The lowest BCUT2D eigenvalue weighted by atomic mass is 9.86. The Balaban J connectivity index is 1.70. The van der Waals surface area contributed by atoms with Crippen LogP contribution in [-0.2, 0) is 28.9 Å². The Labute approximate surface area is 211 Å². The number of rotatable bonds is 10. The zero-order valence-electron chi connectivity index (χ0n) is 21.1. The number of carbonyl (C=O) groups excluding carboxylic acids is 3. The quantitative estimate of drug-likeness (QED) is 0.263. The number of anilines is 2. The zero-order chi connectivity index (χ0) is 26.7. The second-order valence-electron chi connectivity index (χ2n) is 9.48. The molecule has 0 bridgehead atoms. The lowest BCUT2D eigenvalue weighted by molar-refractivity contribution is -0.143. The molecule has 10 heteroatoms. The fraction of sp³-hybridized carbons (Fsp3) is 0.423. The van der Waals surface area contributed by atoms with Gasteiger partial charge in [-0.15, -0.1) is 0 Å². The largest absolute Gasteiger partial charge is 0.494 e. The van der Waals surface area contributed by atoms with Gasteiger partial charge in [-0.2, -0.15) is 0 Å². The normalized spacial score (nSPS) is 14.2. The third kappa shape index (κ3) is 5.51. The third-order valence-corrected chi connectivity index (χ3v) is 7.21. The molecule has 1 aliphatic rings. The average Bonchev–Trinajstić information content (AvgIpc) is 3.02. The topological polar surface area (TPSA) is 119 Å². The summed E-state index contributed by atoms with van der Waals surface area (Å²) in [6, 6.07) is 11.6. The van der Waals surface area contributed by atoms with Crippen molar-refractivity contribution in [2.24, 2.45) is 0 Å². The first kappa shape index (κ1) is 27.1. The van der Waals surface area contributed by atoms with Crippen LogP contribution in [0.15, 0.2) is 42.5 Å². The van der Waals surface area contributed by atoms with Crippen molar-refractivity contribution < 1.29 is 33.0 Å². The molecule has 1 heterocycles. The molecule has 0 radical (unpaired) electrons. The van der Waals surface area contributed by atoms with E-state index in [1.54, 1.807) is 63.2 Å². The summed E-state index contributed by atoms with van der Waals surface area (Å²) in [6.07, 6.45) is 0.797. The SMILES string of the molecule is CCOC(=O)CCCOc1ccc(C(=O)Nc2ccc3c(c2)N(C(C)(C)P(=O)=O)C(=O)C3(C)C)cc1. The summed E-state index contributed by atoms with van der Waals surface area (Å²) in [5.74, 6) is -0.379. The Morgan fingerprint density at radius 2 is 1.75 bits per heavy atom. The molecule has 0 aliphatic carbocycles. The number of benzene rings is 2. The Hall–Kier alpha value is -3.45. The number of esters is 1. The molecule has 1 aliphatic heterocycles. The molecule has 2 aromatic rings. The highest BCUT2D eigenvalue weighted by molar-refractivity contribution is 7.33. The minimum absolute atomic E-state index is 0.263. The van der Waals surface area contributed by atoms with Gasteiger partial charge in [0.15, 0.2) is 5.28 Å². The number of hydrogen-bond donors (Lipinski definition) is 1. The molecule has 0 aromatic heterocycles. The maximum absolute atomic E-state index is 13.1. The summed E-state index contributed by atoms with van der Waals surface area (Å²) >= 11 is 0. The molecule has 0 saturated carbocycles. The van der Waals surface area contributed by atoms with Crippen LogP contribution in [0.3, 0.4) is 0 Å². The maximum Gasteiger partial charge on any atom is 0.341 e. The van der Waals surface area contributed by atoms with E-state index in [0.29, 0.717) is 47.9 Å². The number of fused-ring (bicyclic) bond motifs is 1. The van der Waals surface area contributed by atoms with Gasteiger partial charge in [0.25, 0.3) is 5.91 Å². The van der Waals surface area contributed by atoms with Gasteiger partial charge in [-0.05, 0) is 83.0 Å². The van der Waals surface area contributed by atoms with Crippen molar-refractivity contribution in [2.75, 3.05) is 23.4 Å². The van der Waals surface area contributed by atoms with Gasteiger partial charge >= 0.3 is 13.6 Å². The second-order valence-corrected chi connectivity index (χ2v) is 11.1. The lowest BCUT2D eigenvalue weighted by Gasteiger charge is -2.30. The van der Waals surface area contributed by atoms with Crippen LogP contribution >= 0.6 is 7.68 Å². The molecule has 3 rings (SSSR count). The Morgan fingerprint density at radius 3 is 2.36 bits per heavy atom. The van der Waals surface area contributed by atoms with Gasteiger partial charge < -0.3 is 14.8 Å². The van der Waals surface area contributed by atoms with E-state index < -0.39 is 18.4 Å². The summed E-state index contributed by atoms with van der Waals surface area (Å²) in [5, 5.41) is 1.38. The highest BCUT2D eigenvalue weighted by atomic mass is 31.1. The standard InChI is InChI=1S/C26H31N2O7P/c1-6-34-22(29)8-7-15-35-19-12-9-17(10-13-19)23(30)27-18-11-14-20-21(16-18)28(24(31)25(20,2)3)26(4,5)36(32)33/h9-14,16H,6-8,15H2,1-5H3,(H,27,30). The first-order valence-electron chi connectivity index (χ1n) is 11.7. The molecule has 0 unspecified atom stereocenters. The van der Waals surface area contributed by atoms with Crippen molar-refractivity contribution in [1.82, 2.24) is 0 Å². The molecule has 0 atom stereocenters. The van der Waals surface area contributed by atoms with Crippen LogP contribution in [0, 0.1) is 0 Å². The van der Waals surface area contributed by atoms with E-state index in [1.165, 1.54) is 18.7 Å². The highest BCUT2D eigenvalue weighted by Gasteiger charge is 2.51.